The highest BCUT2D eigenvalue weighted by atomic mass is 16.5. The molecule has 0 unspecified atom stereocenters. The monoisotopic (exact) mass is 353 g/mol. The summed E-state index contributed by atoms with van der Waals surface area (Å²) < 4.78 is 12.3. The van der Waals surface area contributed by atoms with Crippen LogP contribution in [0, 0.1) is 0 Å². The number of furan rings is 1. The smallest absolute Gasteiger partial charge is 0.223 e. The lowest BCUT2D eigenvalue weighted by atomic mass is 10.2. The number of aromatic nitrogens is 2. The van der Waals surface area contributed by atoms with Gasteiger partial charge in [-0.05, 0) is 36.2 Å². The summed E-state index contributed by atoms with van der Waals surface area (Å²) in [5.74, 6) is 0.845. The fourth-order valence-electron chi connectivity index (χ4n) is 2.70. The highest BCUT2D eigenvalue weighted by molar-refractivity contribution is 5.76. The minimum absolute atomic E-state index is 0.0749. The van der Waals surface area contributed by atoms with E-state index in [0.29, 0.717) is 32.5 Å². The molecule has 26 heavy (non-hydrogen) atoms. The van der Waals surface area contributed by atoms with Crippen LogP contribution in [0.2, 0.25) is 0 Å². The van der Waals surface area contributed by atoms with E-state index in [0.717, 1.165) is 17.0 Å². The third-order valence-corrected chi connectivity index (χ3v) is 4.13. The van der Waals surface area contributed by atoms with Crippen LogP contribution in [0.15, 0.2) is 65.5 Å². The van der Waals surface area contributed by atoms with E-state index in [1.54, 1.807) is 18.3 Å². The van der Waals surface area contributed by atoms with Crippen molar-refractivity contribution in [2.75, 3.05) is 20.3 Å². The molecule has 1 aromatic carbocycles. The maximum absolute atomic E-state index is 12.6. The lowest BCUT2D eigenvalue weighted by Crippen LogP contribution is -2.33. The molecule has 0 radical (unpaired) electrons. The molecule has 136 valence electrons. The second-order valence-corrected chi connectivity index (χ2v) is 6.02. The summed E-state index contributed by atoms with van der Waals surface area (Å²) >= 11 is 0. The number of hydrogen-bond acceptors (Lipinski definition) is 4. The van der Waals surface area contributed by atoms with Gasteiger partial charge < -0.3 is 14.1 Å². The summed E-state index contributed by atoms with van der Waals surface area (Å²) in [7, 11) is 1.63. The van der Waals surface area contributed by atoms with Crippen molar-refractivity contribution in [1.82, 2.24) is 14.7 Å². The number of methoxy groups -OCH3 is 1. The van der Waals surface area contributed by atoms with Crippen molar-refractivity contribution in [2.45, 2.75) is 19.4 Å². The lowest BCUT2D eigenvalue weighted by Gasteiger charge is -2.21. The molecule has 0 bridgehead atoms. The van der Waals surface area contributed by atoms with Gasteiger partial charge in [-0.25, -0.2) is 4.68 Å². The van der Waals surface area contributed by atoms with E-state index in [9.17, 15) is 4.79 Å². The summed E-state index contributed by atoms with van der Waals surface area (Å²) in [6.45, 7) is 1.50. The first-order valence-electron chi connectivity index (χ1n) is 8.64. The molecule has 2 heterocycles. The predicted molar refractivity (Wildman–Crippen MR) is 97.9 cm³/mol. The van der Waals surface area contributed by atoms with Gasteiger partial charge in [0, 0.05) is 26.3 Å². The van der Waals surface area contributed by atoms with Crippen molar-refractivity contribution in [3.63, 3.8) is 0 Å². The van der Waals surface area contributed by atoms with E-state index in [4.69, 9.17) is 9.15 Å². The molecule has 0 fully saturated rings. The SMILES string of the molecule is COCCN(Cc1ccco1)C(=O)CCc1cnn(-c2ccccc2)c1. The third kappa shape index (κ3) is 4.83. The Balaban J connectivity index is 1.58. The summed E-state index contributed by atoms with van der Waals surface area (Å²) in [6, 6.07) is 13.6. The maximum atomic E-state index is 12.6. The van der Waals surface area contributed by atoms with Crippen LogP contribution in [0.5, 0.6) is 0 Å². The maximum Gasteiger partial charge on any atom is 0.223 e. The summed E-state index contributed by atoms with van der Waals surface area (Å²) in [5.41, 5.74) is 2.04. The van der Waals surface area contributed by atoms with Crippen molar-refractivity contribution in [2.24, 2.45) is 0 Å². The van der Waals surface area contributed by atoms with E-state index >= 15 is 0 Å². The minimum atomic E-state index is 0.0749. The largest absolute Gasteiger partial charge is 0.467 e. The van der Waals surface area contributed by atoms with E-state index < -0.39 is 0 Å². The molecule has 0 spiro atoms. The number of carbonyl (C=O) groups is 1. The molecule has 3 aromatic rings. The number of aryl methyl sites for hydroxylation is 1. The van der Waals surface area contributed by atoms with Gasteiger partial charge in [0.15, 0.2) is 0 Å². The summed E-state index contributed by atoms with van der Waals surface area (Å²) in [4.78, 5) is 14.4. The van der Waals surface area contributed by atoms with E-state index in [1.807, 2.05) is 59.5 Å². The number of carbonyl (C=O) groups excluding carboxylic acids is 1. The average Bonchev–Trinajstić information content (AvgIpc) is 3.36. The van der Waals surface area contributed by atoms with Crippen LogP contribution in [-0.4, -0.2) is 40.8 Å². The number of para-hydroxylation sites is 1. The molecule has 1 amide bonds. The van der Waals surface area contributed by atoms with Gasteiger partial charge in [0.25, 0.3) is 0 Å². The van der Waals surface area contributed by atoms with Crippen LogP contribution in [0.3, 0.4) is 0 Å². The van der Waals surface area contributed by atoms with Crippen molar-refractivity contribution in [1.29, 1.82) is 0 Å². The second-order valence-electron chi connectivity index (χ2n) is 6.02. The van der Waals surface area contributed by atoms with Crippen LogP contribution >= 0.6 is 0 Å². The Morgan fingerprint density at radius 2 is 2.08 bits per heavy atom. The van der Waals surface area contributed by atoms with Gasteiger partial charge in [0.05, 0.1) is 31.3 Å². The minimum Gasteiger partial charge on any atom is -0.467 e. The summed E-state index contributed by atoms with van der Waals surface area (Å²) in [6.07, 6.45) is 6.46. The zero-order valence-corrected chi connectivity index (χ0v) is 14.9. The van der Waals surface area contributed by atoms with Crippen LogP contribution in [0.1, 0.15) is 17.7 Å². The molecular formula is C20H23N3O3. The zero-order chi connectivity index (χ0) is 18.2. The van der Waals surface area contributed by atoms with Gasteiger partial charge in [-0.3, -0.25) is 4.79 Å². The molecule has 0 atom stereocenters. The molecule has 0 N–H and O–H groups in total. The fourth-order valence-corrected chi connectivity index (χ4v) is 2.70. The molecule has 0 aliphatic rings. The predicted octanol–water partition coefficient (Wildman–Crippen LogP) is 3.07. The first-order valence-corrected chi connectivity index (χ1v) is 8.64. The Bertz CT molecular complexity index is 797. The number of amides is 1. The molecule has 6 heteroatoms. The Morgan fingerprint density at radius 1 is 1.23 bits per heavy atom. The number of rotatable bonds is 9. The van der Waals surface area contributed by atoms with Crippen LogP contribution < -0.4 is 0 Å². The Labute approximate surface area is 153 Å². The molecule has 6 nitrogen and oxygen atoms in total. The molecule has 0 saturated carbocycles. The fraction of sp³-hybridized carbons (Fsp3) is 0.300. The molecular weight excluding hydrogens is 330 g/mol. The van der Waals surface area contributed by atoms with Gasteiger partial charge in [0.2, 0.25) is 5.91 Å². The number of hydrogen-bond donors (Lipinski definition) is 0. The van der Waals surface area contributed by atoms with Gasteiger partial charge >= 0.3 is 0 Å². The molecule has 0 aliphatic heterocycles. The Morgan fingerprint density at radius 3 is 2.81 bits per heavy atom. The number of nitrogens with zero attached hydrogens (tertiary/aromatic N) is 3. The second kappa shape index (κ2) is 9.01. The topological polar surface area (TPSA) is 60.5 Å². The highest BCUT2D eigenvalue weighted by Crippen LogP contribution is 2.12. The Kier molecular flexibility index (Phi) is 6.22. The van der Waals surface area contributed by atoms with Crippen molar-refractivity contribution in [3.8, 4) is 5.69 Å². The van der Waals surface area contributed by atoms with Crippen LogP contribution in [0.25, 0.3) is 5.69 Å². The van der Waals surface area contributed by atoms with Crippen LogP contribution in [-0.2, 0) is 22.5 Å². The quantitative estimate of drug-likeness (QED) is 0.593. The van der Waals surface area contributed by atoms with Crippen molar-refractivity contribution < 1.29 is 13.9 Å². The third-order valence-electron chi connectivity index (χ3n) is 4.13. The highest BCUT2D eigenvalue weighted by Gasteiger charge is 2.15. The normalized spacial score (nSPS) is 10.8. The van der Waals surface area contributed by atoms with Gasteiger partial charge in [-0.1, -0.05) is 18.2 Å². The number of ether oxygens (including phenoxy) is 1. The lowest BCUT2D eigenvalue weighted by molar-refractivity contribution is -0.132. The standard InChI is InChI=1S/C20H23N3O3/c1-25-13-11-22(16-19-8-5-12-26-19)20(24)10-9-17-14-21-23(15-17)18-6-3-2-4-7-18/h2-8,12,14-15H,9-11,13,16H2,1H3. The van der Waals surface area contributed by atoms with Gasteiger partial charge in [-0.2, -0.15) is 5.10 Å². The van der Waals surface area contributed by atoms with Gasteiger partial charge in [-0.15, -0.1) is 0 Å². The van der Waals surface area contributed by atoms with E-state index in [-0.39, 0.29) is 5.91 Å². The van der Waals surface area contributed by atoms with E-state index in [2.05, 4.69) is 5.10 Å². The average molecular weight is 353 g/mol. The first kappa shape index (κ1) is 17.9. The summed E-state index contributed by atoms with van der Waals surface area (Å²) in [5, 5.41) is 4.38. The molecule has 3 rings (SSSR count). The van der Waals surface area contributed by atoms with Crippen LogP contribution in [0.4, 0.5) is 0 Å². The molecule has 2 aromatic heterocycles. The zero-order valence-electron chi connectivity index (χ0n) is 14.9. The van der Waals surface area contributed by atoms with E-state index in [1.165, 1.54) is 0 Å². The van der Waals surface area contributed by atoms with Gasteiger partial charge in [0.1, 0.15) is 5.76 Å². The van der Waals surface area contributed by atoms with Crippen molar-refractivity contribution >= 4 is 5.91 Å². The number of benzene rings is 1. The molecule has 0 aliphatic carbocycles. The first-order chi connectivity index (χ1) is 12.8. The molecule has 0 saturated heterocycles. The van der Waals surface area contributed by atoms with Crippen molar-refractivity contribution in [3.05, 3.63) is 72.4 Å². The Hall–Kier alpha value is -2.86.